The lowest BCUT2D eigenvalue weighted by atomic mass is 10.0. The minimum atomic E-state index is 0.0872. The molecule has 0 bridgehead atoms. The van der Waals surface area contributed by atoms with Crippen molar-refractivity contribution in [3.05, 3.63) is 53.7 Å². The quantitative estimate of drug-likeness (QED) is 0.523. The minimum Gasteiger partial charge on any atom is -0.289 e. The van der Waals surface area contributed by atoms with Crippen LogP contribution in [0.3, 0.4) is 0 Å². The number of benzene rings is 1. The lowest BCUT2D eigenvalue weighted by Gasteiger charge is -2.04. The van der Waals surface area contributed by atoms with Crippen LogP contribution in [0.1, 0.15) is 20.8 Å². The van der Waals surface area contributed by atoms with Gasteiger partial charge >= 0.3 is 0 Å². The molecule has 0 atom stereocenters. The van der Waals surface area contributed by atoms with Crippen LogP contribution in [0.5, 0.6) is 0 Å². The molecule has 1 aromatic heterocycles. The van der Waals surface area contributed by atoms with Crippen molar-refractivity contribution in [1.82, 2.24) is 0 Å². The van der Waals surface area contributed by atoms with E-state index in [9.17, 15) is 4.79 Å². The molecule has 0 aliphatic heterocycles. The van der Waals surface area contributed by atoms with Crippen LogP contribution in [0, 0.1) is 10.5 Å². The molecule has 0 amide bonds. The van der Waals surface area contributed by atoms with E-state index in [1.54, 1.807) is 11.3 Å². The van der Waals surface area contributed by atoms with Crippen LogP contribution < -0.4 is 0 Å². The smallest absolute Gasteiger partial charge is 0.195 e. The maximum Gasteiger partial charge on any atom is 0.195 e. The molecular weight excluding hydrogens is 399 g/mol. The maximum atomic E-state index is 12.3. The van der Waals surface area contributed by atoms with Gasteiger partial charge in [-0.15, -0.1) is 11.3 Å². The molecule has 0 N–H and O–H groups in total. The van der Waals surface area contributed by atoms with Gasteiger partial charge in [-0.25, -0.2) is 0 Å². The van der Waals surface area contributed by atoms with Crippen molar-refractivity contribution in [1.29, 1.82) is 0 Å². The fraction of sp³-hybridized carbons (Fsp3) is 0.0833. The summed E-state index contributed by atoms with van der Waals surface area (Å²) in [5.74, 6) is 0.0872. The average Bonchev–Trinajstić information content (AvgIpc) is 2.67. The third-order valence-electron chi connectivity index (χ3n) is 2.28. The first-order valence-corrected chi connectivity index (χ1v) is 7.38. The molecule has 0 aliphatic rings. The van der Waals surface area contributed by atoms with Crippen LogP contribution in [0.15, 0.2) is 34.1 Å². The Morgan fingerprint density at radius 2 is 2.06 bits per heavy atom. The first kappa shape index (κ1) is 12.3. The van der Waals surface area contributed by atoms with Gasteiger partial charge in [-0.1, -0.05) is 15.9 Å². The lowest BCUT2D eigenvalue weighted by molar-refractivity contribution is 0.103. The molecule has 2 aromatic rings. The zero-order valence-electron chi connectivity index (χ0n) is 8.46. The zero-order chi connectivity index (χ0) is 11.7. The molecule has 0 fully saturated rings. The second kappa shape index (κ2) is 4.98. The third-order valence-corrected chi connectivity index (χ3v) is 4.48. The first-order valence-electron chi connectivity index (χ1n) is 4.63. The molecule has 0 saturated carbocycles. The summed E-state index contributed by atoms with van der Waals surface area (Å²) in [5.41, 5.74) is 1.53. The number of ketones is 1. The Kier molecular flexibility index (Phi) is 3.81. The van der Waals surface area contributed by atoms with Crippen molar-refractivity contribution in [2.24, 2.45) is 0 Å². The molecule has 16 heavy (non-hydrogen) atoms. The van der Waals surface area contributed by atoms with Gasteiger partial charge < -0.3 is 0 Å². The van der Waals surface area contributed by atoms with Gasteiger partial charge in [-0.3, -0.25) is 4.79 Å². The second-order valence-electron chi connectivity index (χ2n) is 3.34. The van der Waals surface area contributed by atoms with Gasteiger partial charge in [0, 0.05) is 24.0 Å². The predicted octanol–water partition coefficient (Wildman–Crippen LogP) is 4.65. The van der Waals surface area contributed by atoms with Crippen LogP contribution in [0.2, 0.25) is 0 Å². The van der Waals surface area contributed by atoms with E-state index < -0.39 is 0 Å². The fourth-order valence-corrected chi connectivity index (χ4v) is 3.05. The number of thiophene rings is 1. The monoisotopic (exact) mass is 406 g/mol. The van der Waals surface area contributed by atoms with E-state index in [0.29, 0.717) is 0 Å². The molecule has 2 rings (SSSR count). The van der Waals surface area contributed by atoms with Crippen molar-refractivity contribution in [2.75, 3.05) is 0 Å². The van der Waals surface area contributed by atoms with Crippen molar-refractivity contribution >= 4 is 55.6 Å². The third kappa shape index (κ3) is 2.38. The summed E-state index contributed by atoms with van der Waals surface area (Å²) >= 11 is 7.23. The molecule has 1 heterocycles. The Bertz CT molecular complexity index is 548. The highest BCUT2D eigenvalue weighted by molar-refractivity contribution is 14.1. The van der Waals surface area contributed by atoms with E-state index in [-0.39, 0.29) is 5.78 Å². The minimum absolute atomic E-state index is 0.0872. The van der Waals surface area contributed by atoms with Crippen molar-refractivity contribution < 1.29 is 4.79 Å². The number of hydrogen-bond acceptors (Lipinski definition) is 2. The molecule has 4 heteroatoms. The summed E-state index contributed by atoms with van der Waals surface area (Å²) < 4.78 is 1.92. The number of carbonyl (C=O) groups is 1. The maximum absolute atomic E-state index is 12.3. The molecule has 82 valence electrons. The van der Waals surface area contributed by atoms with Gasteiger partial charge in [0.15, 0.2) is 5.78 Å². The van der Waals surface area contributed by atoms with E-state index in [0.717, 1.165) is 24.0 Å². The Morgan fingerprint density at radius 1 is 1.31 bits per heavy atom. The molecule has 0 unspecified atom stereocenters. The van der Waals surface area contributed by atoms with E-state index in [4.69, 9.17) is 0 Å². The summed E-state index contributed by atoms with van der Waals surface area (Å²) in [4.78, 5) is 13.3. The van der Waals surface area contributed by atoms with Crippen LogP contribution >= 0.6 is 49.9 Å². The summed E-state index contributed by atoms with van der Waals surface area (Å²) in [7, 11) is 0. The Balaban J connectivity index is 2.49. The van der Waals surface area contributed by atoms with Crippen molar-refractivity contribution in [2.45, 2.75) is 6.92 Å². The SMILES string of the molecule is Cc1sccc1C(=O)c1cc(I)ccc1Br. The van der Waals surface area contributed by atoms with Gasteiger partial charge in [-0.05, 0) is 59.2 Å². The first-order chi connectivity index (χ1) is 7.59. The summed E-state index contributed by atoms with van der Waals surface area (Å²) in [6, 6.07) is 7.68. The van der Waals surface area contributed by atoms with Gasteiger partial charge in [-0.2, -0.15) is 0 Å². The van der Waals surface area contributed by atoms with E-state index >= 15 is 0 Å². The number of aryl methyl sites for hydroxylation is 1. The summed E-state index contributed by atoms with van der Waals surface area (Å²) in [6.45, 7) is 1.97. The van der Waals surface area contributed by atoms with Gasteiger partial charge in [0.05, 0.1) is 0 Å². The molecule has 0 saturated heterocycles. The van der Waals surface area contributed by atoms with Crippen molar-refractivity contribution in [3.8, 4) is 0 Å². The normalized spacial score (nSPS) is 10.4. The highest BCUT2D eigenvalue weighted by Gasteiger charge is 2.15. The molecule has 0 radical (unpaired) electrons. The van der Waals surface area contributed by atoms with Crippen LogP contribution in [0.25, 0.3) is 0 Å². The highest BCUT2D eigenvalue weighted by atomic mass is 127. The average molecular weight is 407 g/mol. The van der Waals surface area contributed by atoms with E-state index in [1.165, 1.54) is 0 Å². The predicted molar refractivity (Wildman–Crippen MR) is 79.3 cm³/mol. The fourth-order valence-electron chi connectivity index (χ4n) is 1.44. The summed E-state index contributed by atoms with van der Waals surface area (Å²) in [6.07, 6.45) is 0. The largest absolute Gasteiger partial charge is 0.289 e. The number of rotatable bonds is 2. The number of carbonyl (C=O) groups excluding carboxylic acids is 1. The van der Waals surface area contributed by atoms with Gasteiger partial charge in [0.1, 0.15) is 0 Å². The molecule has 0 spiro atoms. The Hall–Kier alpha value is -0.200. The standard InChI is InChI=1S/C12H8BrIOS/c1-7-9(4-5-16-7)12(15)10-6-8(14)2-3-11(10)13/h2-6H,1H3. The van der Waals surface area contributed by atoms with Crippen molar-refractivity contribution in [3.63, 3.8) is 0 Å². The number of hydrogen-bond donors (Lipinski definition) is 0. The number of halogens is 2. The van der Waals surface area contributed by atoms with Crippen LogP contribution in [-0.4, -0.2) is 5.78 Å². The second-order valence-corrected chi connectivity index (χ2v) is 6.56. The topological polar surface area (TPSA) is 17.1 Å². The van der Waals surface area contributed by atoms with Gasteiger partial charge in [0.2, 0.25) is 0 Å². The Labute approximate surface area is 120 Å². The lowest BCUT2D eigenvalue weighted by Crippen LogP contribution is -2.02. The van der Waals surface area contributed by atoms with Crippen LogP contribution in [0.4, 0.5) is 0 Å². The highest BCUT2D eigenvalue weighted by Crippen LogP contribution is 2.25. The van der Waals surface area contributed by atoms with Crippen LogP contribution in [-0.2, 0) is 0 Å². The molecule has 1 nitrogen and oxygen atoms in total. The van der Waals surface area contributed by atoms with Gasteiger partial charge in [0.25, 0.3) is 0 Å². The van der Waals surface area contributed by atoms with E-state index in [2.05, 4.69) is 38.5 Å². The molecule has 1 aromatic carbocycles. The van der Waals surface area contributed by atoms with E-state index in [1.807, 2.05) is 36.6 Å². The molecular formula is C12H8BrIOS. The Morgan fingerprint density at radius 3 is 2.69 bits per heavy atom. The zero-order valence-corrected chi connectivity index (χ0v) is 13.0. The molecule has 0 aliphatic carbocycles. The summed E-state index contributed by atoms with van der Waals surface area (Å²) in [5, 5.41) is 1.95.